The van der Waals surface area contributed by atoms with Crippen LogP contribution in [-0.2, 0) is 6.54 Å². The number of rotatable bonds is 4. The largest absolute Gasteiger partial charge is 0.351 e. The summed E-state index contributed by atoms with van der Waals surface area (Å²) in [6.07, 6.45) is 5.44. The zero-order valence-electron chi connectivity index (χ0n) is 14.5. The van der Waals surface area contributed by atoms with Gasteiger partial charge in [0.05, 0.1) is 12.2 Å². The van der Waals surface area contributed by atoms with E-state index in [1.807, 2.05) is 20.0 Å². The quantitative estimate of drug-likeness (QED) is 0.686. The van der Waals surface area contributed by atoms with Crippen molar-refractivity contribution in [3.63, 3.8) is 0 Å². The minimum absolute atomic E-state index is 0.723. The monoisotopic (exact) mass is 302 g/mol. The number of aliphatic imine (C=N–C) groups is 1. The van der Waals surface area contributed by atoms with Crippen LogP contribution in [0.5, 0.6) is 0 Å². The van der Waals surface area contributed by atoms with Gasteiger partial charge in [-0.3, -0.25) is 9.98 Å². The Balaban J connectivity index is 1.83. The summed E-state index contributed by atoms with van der Waals surface area (Å²) < 4.78 is 0. The van der Waals surface area contributed by atoms with Crippen LogP contribution >= 0.6 is 0 Å². The summed E-state index contributed by atoms with van der Waals surface area (Å²) in [6.45, 7) is 6.21. The molecule has 0 saturated heterocycles. The molecular formula is C18H30N4. The van der Waals surface area contributed by atoms with Crippen molar-refractivity contribution in [3.05, 3.63) is 29.6 Å². The second-order valence-corrected chi connectivity index (χ2v) is 6.68. The molecule has 1 aliphatic carbocycles. The number of aryl methyl sites for hydroxylation is 1. The van der Waals surface area contributed by atoms with Crippen LogP contribution in [0.4, 0.5) is 0 Å². The lowest BCUT2D eigenvalue weighted by Crippen LogP contribution is -2.41. The van der Waals surface area contributed by atoms with Crippen molar-refractivity contribution in [1.29, 1.82) is 0 Å². The smallest absolute Gasteiger partial charge is 0.193 e. The third-order valence-electron chi connectivity index (χ3n) is 4.61. The lowest BCUT2D eigenvalue weighted by atomic mass is 9.83. The normalized spacial score (nSPS) is 22.5. The summed E-state index contributed by atoms with van der Waals surface area (Å²) in [5.74, 6) is 2.67. The van der Waals surface area contributed by atoms with Gasteiger partial charge in [0, 0.05) is 26.3 Å². The van der Waals surface area contributed by atoms with Crippen molar-refractivity contribution in [3.8, 4) is 0 Å². The minimum Gasteiger partial charge on any atom is -0.351 e. The van der Waals surface area contributed by atoms with Gasteiger partial charge >= 0.3 is 0 Å². The molecule has 2 rings (SSSR count). The molecule has 0 aromatic carbocycles. The molecule has 0 unspecified atom stereocenters. The number of hydrogen-bond acceptors (Lipinski definition) is 2. The molecule has 0 spiro atoms. The molecule has 0 radical (unpaired) electrons. The Morgan fingerprint density at radius 1 is 1.32 bits per heavy atom. The lowest BCUT2D eigenvalue weighted by molar-refractivity contribution is 0.250. The van der Waals surface area contributed by atoms with Crippen LogP contribution in [-0.4, -0.2) is 36.5 Å². The third kappa shape index (κ3) is 5.00. The highest BCUT2D eigenvalue weighted by atomic mass is 15.3. The van der Waals surface area contributed by atoms with E-state index in [4.69, 9.17) is 0 Å². The summed E-state index contributed by atoms with van der Waals surface area (Å²) in [5, 5.41) is 3.42. The molecule has 1 fully saturated rings. The van der Waals surface area contributed by atoms with Crippen LogP contribution < -0.4 is 5.32 Å². The Morgan fingerprint density at radius 2 is 2.05 bits per heavy atom. The molecule has 22 heavy (non-hydrogen) atoms. The van der Waals surface area contributed by atoms with Gasteiger partial charge in [-0.25, -0.2) is 0 Å². The zero-order valence-corrected chi connectivity index (χ0v) is 14.5. The minimum atomic E-state index is 0.723. The summed E-state index contributed by atoms with van der Waals surface area (Å²) >= 11 is 0. The maximum absolute atomic E-state index is 4.53. The first kappa shape index (κ1) is 16.8. The highest BCUT2D eigenvalue weighted by Gasteiger charge is 2.20. The maximum atomic E-state index is 4.53. The molecule has 0 atom stereocenters. The fraction of sp³-hybridized carbons (Fsp3) is 0.667. The van der Waals surface area contributed by atoms with Crippen LogP contribution in [0, 0.1) is 18.8 Å². The molecule has 4 nitrogen and oxygen atoms in total. The number of nitrogens with zero attached hydrogens (tertiary/aromatic N) is 3. The summed E-state index contributed by atoms with van der Waals surface area (Å²) in [6, 6.07) is 6.12. The number of pyridine rings is 1. The maximum Gasteiger partial charge on any atom is 0.193 e. The topological polar surface area (TPSA) is 40.5 Å². The van der Waals surface area contributed by atoms with Crippen LogP contribution in [0.3, 0.4) is 0 Å². The van der Waals surface area contributed by atoms with Gasteiger partial charge in [-0.15, -0.1) is 0 Å². The second-order valence-electron chi connectivity index (χ2n) is 6.68. The van der Waals surface area contributed by atoms with E-state index in [0.717, 1.165) is 42.3 Å². The molecule has 0 amide bonds. The van der Waals surface area contributed by atoms with Crippen molar-refractivity contribution < 1.29 is 0 Å². The number of hydrogen-bond donors (Lipinski definition) is 1. The van der Waals surface area contributed by atoms with Crippen LogP contribution in [0.25, 0.3) is 0 Å². The van der Waals surface area contributed by atoms with Crippen molar-refractivity contribution in [1.82, 2.24) is 15.2 Å². The van der Waals surface area contributed by atoms with E-state index in [0.29, 0.717) is 0 Å². The number of aromatic nitrogens is 1. The Hall–Kier alpha value is -1.58. The predicted octanol–water partition coefficient (Wildman–Crippen LogP) is 3.22. The van der Waals surface area contributed by atoms with E-state index in [1.165, 1.54) is 25.7 Å². The van der Waals surface area contributed by atoms with E-state index in [-0.39, 0.29) is 0 Å². The highest BCUT2D eigenvalue weighted by molar-refractivity contribution is 5.79. The molecule has 4 heteroatoms. The van der Waals surface area contributed by atoms with Gasteiger partial charge in [-0.2, -0.15) is 0 Å². The van der Waals surface area contributed by atoms with Gasteiger partial charge in [-0.05, 0) is 43.7 Å². The summed E-state index contributed by atoms with van der Waals surface area (Å²) in [5.41, 5.74) is 2.11. The van der Waals surface area contributed by atoms with Crippen molar-refractivity contribution in [2.45, 2.75) is 46.1 Å². The number of guanidine groups is 1. The summed E-state index contributed by atoms with van der Waals surface area (Å²) in [7, 11) is 3.99. The van der Waals surface area contributed by atoms with Gasteiger partial charge in [-0.1, -0.05) is 25.8 Å². The van der Waals surface area contributed by atoms with Gasteiger partial charge in [0.1, 0.15) is 0 Å². The van der Waals surface area contributed by atoms with Gasteiger partial charge in [0.25, 0.3) is 0 Å². The SMILES string of the molecule is CN=C(NCc1cccc(C)n1)N(C)CC1CCC(C)CC1. The van der Waals surface area contributed by atoms with E-state index < -0.39 is 0 Å². The predicted molar refractivity (Wildman–Crippen MR) is 92.9 cm³/mol. The molecule has 1 aliphatic rings. The van der Waals surface area contributed by atoms with Gasteiger partial charge < -0.3 is 10.2 Å². The van der Waals surface area contributed by atoms with E-state index >= 15 is 0 Å². The Kier molecular flexibility index (Phi) is 6.22. The Bertz CT molecular complexity index is 490. The molecule has 122 valence electrons. The molecule has 1 N–H and O–H groups in total. The average molecular weight is 302 g/mol. The van der Waals surface area contributed by atoms with Gasteiger partial charge in [0.2, 0.25) is 0 Å². The van der Waals surface area contributed by atoms with E-state index in [9.17, 15) is 0 Å². The molecule has 1 heterocycles. The molecule has 1 saturated carbocycles. The van der Waals surface area contributed by atoms with E-state index in [1.54, 1.807) is 0 Å². The Labute approximate surface area is 135 Å². The first-order valence-corrected chi connectivity index (χ1v) is 8.42. The molecular weight excluding hydrogens is 272 g/mol. The van der Waals surface area contributed by atoms with Crippen LogP contribution in [0.1, 0.15) is 44.0 Å². The van der Waals surface area contributed by atoms with Crippen LogP contribution in [0.15, 0.2) is 23.2 Å². The molecule has 1 aromatic rings. The van der Waals surface area contributed by atoms with Crippen LogP contribution in [0.2, 0.25) is 0 Å². The fourth-order valence-electron chi connectivity index (χ4n) is 3.24. The first-order valence-electron chi connectivity index (χ1n) is 8.42. The van der Waals surface area contributed by atoms with Crippen molar-refractivity contribution in [2.75, 3.05) is 20.6 Å². The third-order valence-corrected chi connectivity index (χ3v) is 4.61. The number of nitrogens with one attached hydrogen (secondary N) is 1. The molecule has 0 aliphatic heterocycles. The average Bonchev–Trinajstić information content (AvgIpc) is 2.50. The fourth-order valence-corrected chi connectivity index (χ4v) is 3.24. The van der Waals surface area contributed by atoms with Crippen molar-refractivity contribution in [2.24, 2.45) is 16.8 Å². The Morgan fingerprint density at radius 3 is 2.68 bits per heavy atom. The van der Waals surface area contributed by atoms with E-state index in [2.05, 4.69) is 46.3 Å². The first-order chi connectivity index (χ1) is 10.6. The standard InChI is InChI=1S/C18H30N4/c1-14-8-10-16(11-9-14)13-22(4)18(19-3)20-12-17-7-5-6-15(2)21-17/h5-7,14,16H,8-13H2,1-4H3,(H,19,20). The zero-order chi connectivity index (χ0) is 15.9. The summed E-state index contributed by atoms with van der Waals surface area (Å²) in [4.78, 5) is 11.2. The molecule has 1 aromatic heterocycles. The lowest BCUT2D eigenvalue weighted by Gasteiger charge is -2.31. The molecule has 0 bridgehead atoms. The second kappa shape index (κ2) is 8.16. The van der Waals surface area contributed by atoms with Crippen molar-refractivity contribution >= 4 is 5.96 Å². The van der Waals surface area contributed by atoms with Gasteiger partial charge in [0.15, 0.2) is 5.96 Å². The highest BCUT2D eigenvalue weighted by Crippen LogP contribution is 2.28.